The molecule has 23 heavy (non-hydrogen) atoms. The molecule has 0 spiro atoms. The molecule has 0 unspecified atom stereocenters. The largest absolute Gasteiger partial charge is 0.494 e. The summed E-state index contributed by atoms with van der Waals surface area (Å²) in [6.45, 7) is 3.34. The van der Waals surface area contributed by atoms with Crippen LogP contribution in [0, 0.1) is 0 Å². The molecule has 0 aliphatic rings. The van der Waals surface area contributed by atoms with E-state index in [0.29, 0.717) is 28.3 Å². The number of benzene rings is 2. The van der Waals surface area contributed by atoms with Crippen molar-refractivity contribution >= 4 is 46.2 Å². The van der Waals surface area contributed by atoms with Crippen molar-refractivity contribution in [3.05, 3.63) is 58.1 Å². The first-order chi connectivity index (χ1) is 11.1. The van der Waals surface area contributed by atoms with E-state index in [9.17, 15) is 0 Å². The van der Waals surface area contributed by atoms with E-state index in [1.54, 1.807) is 12.1 Å². The van der Waals surface area contributed by atoms with Gasteiger partial charge in [-0.1, -0.05) is 41.4 Å². The molecule has 2 rings (SSSR count). The van der Waals surface area contributed by atoms with Crippen molar-refractivity contribution in [3.63, 3.8) is 0 Å². The molecule has 0 bridgehead atoms. The maximum atomic E-state index is 5.98. The minimum Gasteiger partial charge on any atom is -0.494 e. The lowest BCUT2D eigenvalue weighted by Gasteiger charge is -2.13. The number of ether oxygens (including phenoxy) is 1. The molecule has 0 saturated heterocycles. The fourth-order valence-electron chi connectivity index (χ4n) is 2.07. The van der Waals surface area contributed by atoms with Gasteiger partial charge >= 0.3 is 0 Å². The molecular formula is C17H18Cl2N2OS. The molecule has 0 aliphatic heterocycles. The highest BCUT2D eigenvalue weighted by molar-refractivity contribution is 7.80. The van der Waals surface area contributed by atoms with Gasteiger partial charge in [-0.3, -0.25) is 0 Å². The van der Waals surface area contributed by atoms with Crippen molar-refractivity contribution < 1.29 is 4.74 Å². The molecule has 2 N–H and O–H groups in total. The summed E-state index contributed by atoms with van der Waals surface area (Å²) in [4.78, 5) is 0. The van der Waals surface area contributed by atoms with Gasteiger partial charge in [-0.15, -0.1) is 0 Å². The fraction of sp³-hybridized carbons (Fsp3) is 0.235. The lowest BCUT2D eigenvalue weighted by atomic mass is 10.1. The van der Waals surface area contributed by atoms with Gasteiger partial charge in [-0.2, -0.15) is 0 Å². The van der Waals surface area contributed by atoms with Crippen molar-refractivity contribution in [1.29, 1.82) is 0 Å². The number of hydrogen-bond acceptors (Lipinski definition) is 2. The Morgan fingerprint density at radius 2 is 1.91 bits per heavy atom. The van der Waals surface area contributed by atoms with Crippen LogP contribution in [0.1, 0.15) is 12.5 Å². The van der Waals surface area contributed by atoms with E-state index in [-0.39, 0.29) is 0 Å². The molecule has 2 aromatic carbocycles. The van der Waals surface area contributed by atoms with E-state index < -0.39 is 0 Å². The quantitative estimate of drug-likeness (QED) is 0.708. The Morgan fingerprint density at radius 1 is 1.13 bits per heavy atom. The Kier molecular flexibility index (Phi) is 6.96. The van der Waals surface area contributed by atoms with Crippen molar-refractivity contribution in [3.8, 4) is 5.75 Å². The van der Waals surface area contributed by atoms with Gasteiger partial charge in [0.15, 0.2) is 5.11 Å². The van der Waals surface area contributed by atoms with Crippen LogP contribution in [0.15, 0.2) is 42.5 Å². The third-order valence-electron chi connectivity index (χ3n) is 3.13. The Morgan fingerprint density at radius 3 is 2.65 bits per heavy atom. The smallest absolute Gasteiger partial charge is 0.170 e. The Hall–Kier alpha value is -1.49. The Labute approximate surface area is 151 Å². The van der Waals surface area contributed by atoms with Crippen molar-refractivity contribution in [2.24, 2.45) is 0 Å². The second kappa shape index (κ2) is 8.96. The number of anilines is 1. The molecule has 2 aromatic rings. The van der Waals surface area contributed by atoms with Gasteiger partial charge in [0.25, 0.3) is 0 Å². The molecule has 3 nitrogen and oxygen atoms in total. The maximum absolute atomic E-state index is 5.98. The first-order valence-corrected chi connectivity index (χ1v) is 8.47. The topological polar surface area (TPSA) is 33.3 Å². The van der Waals surface area contributed by atoms with Gasteiger partial charge < -0.3 is 15.4 Å². The molecule has 0 atom stereocenters. The monoisotopic (exact) mass is 368 g/mol. The number of para-hydroxylation sites is 1. The van der Waals surface area contributed by atoms with E-state index in [1.807, 2.05) is 31.2 Å². The molecule has 6 heteroatoms. The first-order valence-electron chi connectivity index (χ1n) is 7.30. The first kappa shape index (κ1) is 17.9. The molecule has 0 saturated carbocycles. The van der Waals surface area contributed by atoms with Crippen molar-refractivity contribution in [1.82, 2.24) is 5.32 Å². The normalized spacial score (nSPS) is 10.2. The average molecular weight is 369 g/mol. The molecule has 0 aromatic heterocycles. The van der Waals surface area contributed by atoms with E-state index in [4.69, 9.17) is 40.2 Å². The van der Waals surface area contributed by atoms with Crippen LogP contribution in [0.4, 0.5) is 5.69 Å². The minimum atomic E-state index is 0.491. The van der Waals surface area contributed by atoms with Crippen LogP contribution in [-0.2, 0) is 6.42 Å². The molecule has 0 radical (unpaired) electrons. The second-order valence-corrected chi connectivity index (χ2v) is 6.02. The molecule has 0 fully saturated rings. The molecule has 0 heterocycles. The van der Waals surface area contributed by atoms with Crippen LogP contribution in [0.5, 0.6) is 5.75 Å². The number of thiocarbonyl (C=S) groups is 1. The number of hydrogen-bond donors (Lipinski definition) is 2. The SMILES string of the molecule is CCOc1ccccc1CCNC(=S)Nc1ccc(Cl)c(Cl)c1. The molecule has 122 valence electrons. The van der Waals surface area contributed by atoms with Crippen LogP contribution in [0.3, 0.4) is 0 Å². The van der Waals surface area contributed by atoms with Crippen LogP contribution in [-0.4, -0.2) is 18.3 Å². The van der Waals surface area contributed by atoms with Gasteiger partial charge in [-0.25, -0.2) is 0 Å². The Bertz CT molecular complexity index is 679. The second-order valence-electron chi connectivity index (χ2n) is 4.80. The summed E-state index contributed by atoms with van der Waals surface area (Å²) in [5.74, 6) is 0.917. The summed E-state index contributed by atoms with van der Waals surface area (Å²) in [7, 11) is 0. The van der Waals surface area contributed by atoms with Gasteiger partial charge in [0.1, 0.15) is 5.75 Å². The van der Waals surface area contributed by atoms with Gasteiger partial charge in [0.2, 0.25) is 0 Å². The predicted octanol–water partition coefficient (Wildman–Crippen LogP) is 4.92. The highest BCUT2D eigenvalue weighted by Gasteiger charge is 2.04. The van der Waals surface area contributed by atoms with E-state index in [1.165, 1.54) is 0 Å². The highest BCUT2D eigenvalue weighted by atomic mass is 35.5. The summed E-state index contributed by atoms with van der Waals surface area (Å²) in [6, 6.07) is 13.3. The standard InChI is InChI=1S/C17H18Cl2N2OS/c1-2-22-16-6-4-3-5-12(16)9-10-20-17(23)21-13-7-8-14(18)15(19)11-13/h3-8,11H,2,9-10H2,1H3,(H2,20,21,23). The highest BCUT2D eigenvalue weighted by Crippen LogP contribution is 2.25. The van der Waals surface area contributed by atoms with E-state index in [2.05, 4.69) is 16.7 Å². The third-order valence-corrected chi connectivity index (χ3v) is 4.12. The zero-order valence-corrected chi connectivity index (χ0v) is 15.1. The summed E-state index contributed by atoms with van der Waals surface area (Å²) in [6.07, 6.45) is 0.819. The average Bonchev–Trinajstić information content (AvgIpc) is 2.53. The third kappa shape index (κ3) is 5.57. The van der Waals surface area contributed by atoms with E-state index >= 15 is 0 Å². The summed E-state index contributed by atoms with van der Waals surface area (Å²) in [5, 5.41) is 7.80. The summed E-state index contributed by atoms with van der Waals surface area (Å²) < 4.78 is 5.61. The molecular weight excluding hydrogens is 351 g/mol. The van der Waals surface area contributed by atoms with Crippen LogP contribution >= 0.6 is 35.4 Å². The zero-order valence-electron chi connectivity index (χ0n) is 12.7. The Balaban J connectivity index is 1.84. The van der Waals surface area contributed by atoms with Crippen molar-refractivity contribution in [2.75, 3.05) is 18.5 Å². The van der Waals surface area contributed by atoms with Gasteiger partial charge in [-0.05, 0) is 55.4 Å². The van der Waals surface area contributed by atoms with Gasteiger partial charge in [0.05, 0.1) is 16.7 Å². The maximum Gasteiger partial charge on any atom is 0.170 e. The van der Waals surface area contributed by atoms with Gasteiger partial charge in [0, 0.05) is 12.2 Å². The fourth-order valence-corrected chi connectivity index (χ4v) is 2.58. The molecule has 0 amide bonds. The van der Waals surface area contributed by atoms with Crippen LogP contribution < -0.4 is 15.4 Å². The van der Waals surface area contributed by atoms with Crippen LogP contribution in [0.2, 0.25) is 10.0 Å². The number of rotatable bonds is 6. The lowest BCUT2D eigenvalue weighted by molar-refractivity contribution is 0.336. The van der Waals surface area contributed by atoms with Crippen LogP contribution in [0.25, 0.3) is 0 Å². The lowest BCUT2D eigenvalue weighted by Crippen LogP contribution is -2.30. The summed E-state index contributed by atoms with van der Waals surface area (Å²) in [5.41, 5.74) is 1.95. The predicted molar refractivity (Wildman–Crippen MR) is 102 cm³/mol. The van der Waals surface area contributed by atoms with E-state index in [0.717, 1.165) is 23.4 Å². The van der Waals surface area contributed by atoms with Crippen molar-refractivity contribution in [2.45, 2.75) is 13.3 Å². The minimum absolute atomic E-state index is 0.491. The number of nitrogens with one attached hydrogen (secondary N) is 2. The summed E-state index contributed by atoms with van der Waals surface area (Å²) >= 11 is 17.2. The molecule has 0 aliphatic carbocycles. The zero-order chi connectivity index (χ0) is 16.7. The number of halogens is 2.